The Labute approximate surface area is 105 Å². The summed E-state index contributed by atoms with van der Waals surface area (Å²) in [6, 6.07) is 7.86. The number of ether oxygens (including phenoxy) is 1. The predicted octanol–water partition coefficient (Wildman–Crippen LogP) is 2.70. The second-order valence-electron chi connectivity index (χ2n) is 3.94. The Kier molecular flexibility index (Phi) is 3.76. The normalized spacial score (nSPS) is 12.4. The van der Waals surface area contributed by atoms with Crippen molar-refractivity contribution in [1.29, 1.82) is 0 Å². The third-order valence-corrected chi connectivity index (χ3v) is 3.46. The molecule has 1 aromatic heterocycles. The molecule has 17 heavy (non-hydrogen) atoms. The van der Waals surface area contributed by atoms with Crippen molar-refractivity contribution in [2.24, 2.45) is 5.73 Å². The molecule has 90 valence electrons. The number of thiazole rings is 1. The van der Waals surface area contributed by atoms with Gasteiger partial charge in [0.05, 0.1) is 17.8 Å². The smallest absolute Gasteiger partial charge is 0.118 e. The van der Waals surface area contributed by atoms with Crippen molar-refractivity contribution in [3.8, 4) is 5.75 Å². The minimum atomic E-state index is -0.0117. The SMILES string of the molecule is COc1ccc(C(N)Cc2csc(C)n2)cc1. The Morgan fingerprint density at radius 1 is 1.35 bits per heavy atom. The number of benzene rings is 1. The summed E-state index contributed by atoms with van der Waals surface area (Å²) in [6.45, 7) is 2.01. The zero-order valence-electron chi connectivity index (χ0n) is 10.0. The molecule has 4 heteroatoms. The number of aromatic nitrogens is 1. The van der Waals surface area contributed by atoms with Crippen LogP contribution in [0.1, 0.15) is 22.3 Å². The second-order valence-corrected chi connectivity index (χ2v) is 5.00. The highest BCUT2D eigenvalue weighted by Gasteiger charge is 2.09. The van der Waals surface area contributed by atoms with Gasteiger partial charge in [-0.3, -0.25) is 0 Å². The predicted molar refractivity (Wildman–Crippen MR) is 70.5 cm³/mol. The van der Waals surface area contributed by atoms with Crippen molar-refractivity contribution in [1.82, 2.24) is 4.98 Å². The van der Waals surface area contributed by atoms with E-state index in [0.29, 0.717) is 0 Å². The summed E-state index contributed by atoms with van der Waals surface area (Å²) in [4.78, 5) is 4.42. The monoisotopic (exact) mass is 248 g/mol. The van der Waals surface area contributed by atoms with Gasteiger partial charge < -0.3 is 10.5 Å². The Balaban J connectivity index is 2.06. The fourth-order valence-electron chi connectivity index (χ4n) is 1.70. The topological polar surface area (TPSA) is 48.1 Å². The summed E-state index contributed by atoms with van der Waals surface area (Å²) >= 11 is 1.66. The second kappa shape index (κ2) is 5.29. The van der Waals surface area contributed by atoms with Gasteiger partial charge in [0, 0.05) is 17.8 Å². The van der Waals surface area contributed by atoms with Gasteiger partial charge in [0.2, 0.25) is 0 Å². The molecule has 0 spiro atoms. The molecular weight excluding hydrogens is 232 g/mol. The van der Waals surface area contributed by atoms with E-state index < -0.39 is 0 Å². The molecule has 0 aliphatic heterocycles. The fourth-order valence-corrected chi connectivity index (χ4v) is 2.32. The van der Waals surface area contributed by atoms with E-state index in [9.17, 15) is 0 Å². The van der Waals surface area contributed by atoms with E-state index in [-0.39, 0.29) is 6.04 Å². The van der Waals surface area contributed by atoms with E-state index in [1.807, 2.05) is 31.2 Å². The molecule has 0 radical (unpaired) electrons. The third-order valence-electron chi connectivity index (χ3n) is 2.64. The molecule has 0 aliphatic rings. The van der Waals surface area contributed by atoms with E-state index in [0.717, 1.165) is 28.4 Å². The summed E-state index contributed by atoms with van der Waals surface area (Å²) in [5.41, 5.74) is 8.33. The zero-order valence-corrected chi connectivity index (χ0v) is 10.8. The van der Waals surface area contributed by atoms with Crippen molar-refractivity contribution in [2.75, 3.05) is 7.11 Å². The first-order valence-corrected chi connectivity index (χ1v) is 6.37. The molecule has 3 nitrogen and oxygen atoms in total. The number of nitrogens with zero attached hydrogens (tertiary/aromatic N) is 1. The molecule has 2 rings (SSSR count). The first-order valence-electron chi connectivity index (χ1n) is 5.49. The van der Waals surface area contributed by atoms with E-state index in [1.54, 1.807) is 18.4 Å². The summed E-state index contributed by atoms with van der Waals surface area (Å²) in [6.07, 6.45) is 0.774. The number of nitrogens with two attached hydrogens (primary N) is 1. The Bertz CT molecular complexity index is 478. The van der Waals surface area contributed by atoms with E-state index >= 15 is 0 Å². The average molecular weight is 248 g/mol. The molecule has 0 saturated carbocycles. The largest absolute Gasteiger partial charge is 0.497 e. The lowest BCUT2D eigenvalue weighted by Crippen LogP contribution is -2.13. The average Bonchev–Trinajstić information content (AvgIpc) is 2.75. The van der Waals surface area contributed by atoms with Gasteiger partial charge in [0.1, 0.15) is 5.75 Å². The Hall–Kier alpha value is -1.39. The first kappa shape index (κ1) is 12.1. The maximum atomic E-state index is 6.15. The lowest BCUT2D eigenvalue weighted by Gasteiger charge is -2.11. The standard InChI is InChI=1S/C13H16N2OS/c1-9-15-11(8-17-9)7-13(14)10-3-5-12(16-2)6-4-10/h3-6,8,13H,7,14H2,1-2H3. The number of hydrogen-bond acceptors (Lipinski definition) is 4. The number of aryl methyl sites for hydroxylation is 1. The van der Waals surface area contributed by atoms with Gasteiger partial charge in [-0.25, -0.2) is 4.98 Å². The van der Waals surface area contributed by atoms with Crippen LogP contribution in [0.15, 0.2) is 29.6 Å². The van der Waals surface area contributed by atoms with Crippen molar-refractivity contribution < 1.29 is 4.74 Å². The molecule has 0 fully saturated rings. The summed E-state index contributed by atoms with van der Waals surface area (Å²) in [5.74, 6) is 0.852. The lowest BCUT2D eigenvalue weighted by molar-refractivity contribution is 0.414. The number of methoxy groups -OCH3 is 1. The first-order chi connectivity index (χ1) is 8.19. The van der Waals surface area contributed by atoms with Gasteiger partial charge >= 0.3 is 0 Å². The Morgan fingerprint density at radius 3 is 2.59 bits per heavy atom. The molecule has 2 N–H and O–H groups in total. The maximum Gasteiger partial charge on any atom is 0.118 e. The van der Waals surface area contributed by atoms with Crippen LogP contribution in [0.25, 0.3) is 0 Å². The van der Waals surface area contributed by atoms with Crippen LogP contribution in [-0.2, 0) is 6.42 Å². The van der Waals surface area contributed by atoms with Crippen molar-refractivity contribution >= 4 is 11.3 Å². The minimum Gasteiger partial charge on any atom is -0.497 e. The van der Waals surface area contributed by atoms with Crippen LogP contribution in [0.3, 0.4) is 0 Å². The van der Waals surface area contributed by atoms with Crippen LogP contribution in [0.2, 0.25) is 0 Å². The highest BCUT2D eigenvalue weighted by atomic mass is 32.1. The summed E-state index contributed by atoms with van der Waals surface area (Å²) < 4.78 is 5.12. The van der Waals surface area contributed by atoms with Crippen molar-refractivity contribution in [3.63, 3.8) is 0 Å². The van der Waals surface area contributed by atoms with Gasteiger partial charge in [-0.15, -0.1) is 11.3 Å². The molecule has 0 saturated heterocycles. The van der Waals surface area contributed by atoms with Gasteiger partial charge in [-0.1, -0.05) is 12.1 Å². The maximum absolute atomic E-state index is 6.15. The third kappa shape index (κ3) is 3.05. The van der Waals surface area contributed by atoms with Gasteiger partial charge in [0.15, 0.2) is 0 Å². The molecule has 1 heterocycles. The van der Waals surface area contributed by atoms with Crippen LogP contribution in [0.4, 0.5) is 0 Å². The number of rotatable bonds is 4. The summed E-state index contributed by atoms with van der Waals surface area (Å²) in [7, 11) is 1.66. The van der Waals surface area contributed by atoms with E-state index in [4.69, 9.17) is 10.5 Å². The highest BCUT2D eigenvalue weighted by Crippen LogP contribution is 2.20. The quantitative estimate of drug-likeness (QED) is 0.905. The van der Waals surface area contributed by atoms with E-state index in [1.165, 1.54) is 0 Å². The van der Waals surface area contributed by atoms with Gasteiger partial charge in [-0.05, 0) is 24.6 Å². The summed E-state index contributed by atoms with van der Waals surface area (Å²) in [5, 5.41) is 3.15. The Morgan fingerprint density at radius 2 is 2.06 bits per heavy atom. The van der Waals surface area contributed by atoms with Crippen LogP contribution in [-0.4, -0.2) is 12.1 Å². The molecule has 0 aliphatic carbocycles. The highest BCUT2D eigenvalue weighted by molar-refractivity contribution is 7.09. The van der Waals surface area contributed by atoms with Crippen molar-refractivity contribution in [2.45, 2.75) is 19.4 Å². The molecule has 1 unspecified atom stereocenters. The molecule has 0 amide bonds. The minimum absolute atomic E-state index is 0.0117. The van der Waals surface area contributed by atoms with E-state index in [2.05, 4.69) is 10.4 Å². The van der Waals surface area contributed by atoms with Crippen LogP contribution in [0, 0.1) is 6.92 Å². The van der Waals surface area contributed by atoms with Gasteiger partial charge in [0.25, 0.3) is 0 Å². The molecule has 2 aromatic rings. The molecule has 1 aromatic carbocycles. The zero-order chi connectivity index (χ0) is 12.3. The van der Waals surface area contributed by atoms with Gasteiger partial charge in [-0.2, -0.15) is 0 Å². The van der Waals surface area contributed by atoms with Crippen LogP contribution in [0.5, 0.6) is 5.75 Å². The molecule has 0 bridgehead atoms. The number of hydrogen-bond donors (Lipinski definition) is 1. The van der Waals surface area contributed by atoms with Crippen LogP contribution >= 0.6 is 11.3 Å². The van der Waals surface area contributed by atoms with Crippen LogP contribution < -0.4 is 10.5 Å². The molecular formula is C13H16N2OS. The fraction of sp³-hybridized carbons (Fsp3) is 0.308. The lowest BCUT2D eigenvalue weighted by atomic mass is 10.0. The molecule has 1 atom stereocenters. The van der Waals surface area contributed by atoms with Crippen molar-refractivity contribution in [3.05, 3.63) is 45.9 Å².